The Hall–Kier alpha value is -2.95. The molecular weight excluding hydrogens is 274 g/mol. The van der Waals surface area contributed by atoms with Gasteiger partial charge in [-0.05, 0) is 24.7 Å². The van der Waals surface area contributed by atoms with Crippen molar-refractivity contribution >= 4 is 22.4 Å². The second-order valence-electron chi connectivity index (χ2n) is 5.22. The Kier molecular flexibility index (Phi) is 2.79. The molecule has 0 atom stereocenters. The molecule has 22 heavy (non-hydrogen) atoms. The van der Waals surface area contributed by atoms with Gasteiger partial charge in [-0.3, -0.25) is 0 Å². The van der Waals surface area contributed by atoms with Crippen molar-refractivity contribution in [1.29, 1.82) is 0 Å². The number of rotatable bonds is 1. The van der Waals surface area contributed by atoms with Crippen LogP contribution in [0.3, 0.4) is 0 Å². The molecule has 2 aromatic heterocycles. The zero-order valence-corrected chi connectivity index (χ0v) is 12.4. The van der Waals surface area contributed by atoms with E-state index in [1.54, 1.807) is 4.68 Å². The van der Waals surface area contributed by atoms with Crippen LogP contribution < -0.4 is 15.4 Å². The number of para-hydroxylation sites is 2. The van der Waals surface area contributed by atoms with E-state index in [4.69, 9.17) is 0 Å². The van der Waals surface area contributed by atoms with Gasteiger partial charge in [0, 0.05) is 0 Å². The molecule has 0 amide bonds. The molecular formula is C17H15N5. The monoisotopic (exact) mass is 289 g/mol. The smallest absolute Gasteiger partial charge is 0.330 e. The quantitative estimate of drug-likeness (QED) is 0.502. The van der Waals surface area contributed by atoms with Crippen LogP contribution in [0.5, 0.6) is 0 Å². The molecule has 4 rings (SSSR count). The maximum Gasteiger partial charge on any atom is 0.412 e. The van der Waals surface area contributed by atoms with Crippen molar-refractivity contribution in [2.75, 3.05) is 0 Å². The van der Waals surface area contributed by atoms with E-state index in [1.807, 2.05) is 60.8 Å². The Morgan fingerprint density at radius 3 is 2.59 bits per heavy atom. The van der Waals surface area contributed by atoms with Gasteiger partial charge in [0.05, 0.1) is 12.4 Å². The van der Waals surface area contributed by atoms with Gasteiger partial charge in [0.1, 0.15) is 11.2 Å². The van der Waals surface area contributed by atoms with Crippen LogP contribution in [0.4, 0.5) is 5.69 Å². The Morgan fingerprint density at radius 2 is 1.77 bits per heavy atom. The number of hydrogen-bond donors (Lipinski definition) is 0. The summed E-state index contributed by atoms with van der Waals surface area (Å²) in [5.74, 6) is 0.783. The van der Waals surface area contributed by atoms with Crippen molar-refractivity contribution in [3.05, 3.63) is 65.9 Å². The molecule has 5 nitrogen and oxygen atoms in total. The van der Waals surface area contributed by atoms with Crippen LogP contribution in [0, 0.1) is 6.92 Å². The average molecular weight is 289 g/mol. The number of fused-ring (bicyclic) bond motifs is 3. The second kappa shape index (κ2) is 4.80. The molecule has 4 aromatic rings. The molecule has 0 bridgehead atoms. The van der Waals surface area contributed by atoms with Crippen LogP contribution in [0.2, 0.25) is 0 Å². The Balaban J connectivity index is 2.17. The van der Waals surface area contributed by atoms with Gasteiger partial charge in [0.15, 0.2) is 5.62 Å². The molecule has 108 valence electrons. The highest BCUT2D eigenvalue weighted by Crippen LogP contribution is 2.16. The SMILES string of the molecule is Cc1nc2n(c(=Nc3ccccc3)[n-][n+]2C)c2ccccc12. The molecule has 0 aliphatic carbocycles. The summed E-state index contributed by atoms with van der Waals surface area (Å²) in [6.07, 6.45) is 0. The summed E-state index contributed by atoms with van der Waals surface area (Å²) >= 11 is 0. The number of aromatic nitrogens is 4. The molecule has 5 heteroatoms. The zero-order valence-electron chi connectivity index (χ0n) is 12.4. The normalized spacial score (nSPS) is 12.4. The number of nitrogens with zero attached hydrogens (tertiary/aromatic N) is 5. The van der Waals surface area contributed by atoms with Gasteiger partial charge < -0.3 is 4.99 Å². The van der Waals surface area contributed by atoms with Crippen molar-refractivity contribution in [2.24, 2.45) is 12.0 Å². The van der Waals surface area contributed by atoms with Crippen molar-refractivity contribution in [2.45, 2.75) is 6.92 Å². The van der Waals surface area contributed by atoms with E-state index in [-0.39, 0.29) is 0 Å². The fourth-order valence-corrected chi connectivity index (χ4v) is 2.67. The minimum atomic E-state index is 0.632. The lowest BCUT2D eigenvalue weighted by molar-refractivity contribution is -0.711. The summed E-state index contributed by atoms with van der Waals surface area (Å²) in [5.41, 5.74) is 3.56. The van der Waals surface area contributed by atoms with Crippen molar-refractivity contribution in [1.82, 2.24) is 14.5 Å². The van der Waals surface area contributed by atoms with Crippen molar-refractivity contribution in [3.63, 3.8) is 0 Å². The maximum atomic E-state index is 4.67. The highest BCUT2D eigenvalue weighted by molar-refractivity contribution is 5.82. The summed E-state index contributed by atoms with van der Waals surface area (Å²) in [6, 6.07) is 18.0. The van der Waals surface area contributed by atoms with Crippen molar-refractivity contribution in [3.8, 4) is 0 Å². The van der Waals surface area contributed by atoms with Crippen molar-refractivity contribution < 1.29 is 4.68 Å². The van der Waals surface area contributed by atoms with E-state index < -0.39 is 0 Å². The first-order chi connectivity index (χ1) is 10.7. The highest BCUT2D eigenvalue weighted by atomic mass is 15.4. The van der Waals surface area contributed by atoms with E-state index in [0.717, 1.165) is 28.1 Å². The van der Waals surface area contributed by atoms with E-state index in [2.05, 4.69) is 27.2 Å². The topological polar surface area (TPSA) is 47.6 Å². The van der Waals surface area contributed by atoms with Gasteiger partial charge in [-0.1, -0.05) is 47.4 Å². The summed E-state index contributed by atoms with van der Waals surface area (Å²) in [7, 11) is 1.89. The molecule has 0 saturated heterocycles. The predicted octanol–water partition coefficient (Wildman–Crippen LogP) is 1.81. The number of aryl methyl sites for hydroxylation is 2. The third kappa shape index (κ3) is 1.90. The first-order valence-corrected chi connectivity index (χ1v) is 7.15. The zero-order chi connectivity index (χ0) is 15.1. The molecule has 2 heterocycles. The first-order valence-electron chi connectivity index (χ1n) is 7.15. The van der Waals surface area contributed by atoms with E-state index in [1.165, 1.54) is 0 Å². The molecule has 2 aromatic carbocycles. The third-order valence-corrected chi connectivity index (χ3v) is 3.72. The van der Waals surface area contributed by atoms with E-state index in [9.17, 15) is 0 Å². The molecule has 0 saturated carbocycles. The molecule has 0 spiro atoms. The van der Waals surface area contributed by atoms with E-state index >= 15 is 0 Å². The summed E-state index contributed by atoms with van der Waals surface area (Å²) < 4.78 is 3.76. The van der Waals surface area contributed by atoms with Crippen LogP contribution in [-0.4, -0.2) is 9.38 Å². The lowest BCUT2D eigenvalue weighted by Crippen LogP contribution is -2.36. The fraction of sp³-hybridized carbons (Fsp3) is 0.118. The maximum absolute atomic E-state index is 4.67. The standard InChI is InChI=1S/C17H15N5/c1-12-14-10-6-7-11-15(14)22-16(20-21(2)17(22)18-12)19-13-8-4-3-5-9-13/h3-11H,1-2H3. The van der Waals surface area contributed by atoms with Crippen LogP contribution in [0.25, 0.3) is 16.7 Å². The molecule has 0 N–H and O–H groups in total. The predicted molar refractivity (Wildman–Crippen MR) is 83.6 cm³/mol. The van der Waals surface area contributed by atoms with Gasteiger partial charge >= 0.3 is 5.78 Å². The summed E-state index contributed by atoms with van der Waals surface area (Å²) in [4.78, 5) is 9.33. The lowest BCUT2D eigenvalue weighted by atomic mass is 10.2. The van der Waals surface area contributed by atoms with Gasteiger partial charge in [-0.25, -0.2) is 0 Å². The van der Waals surface area contributed by atoms with Gasteiger partial charge in [-0.15, -0.1) is 0 Å². The Bertz CT molecular complexity index is 1040. The van der Waals surface area contributed by atoms with Crippen LogP contribution in [-0.2, 0) is 7.05 Å². The molecule has 0 aliphatic heterocycles. The van der Waals surface area contributed by atoms with Crippen LogP contribution >= 0.6 is 0 Å². The van der Waals surface area contributed by atoms with Crippen LogP contribution in [0.15, 0.2) is 59.6 Å². The Morgan fingerprint density at radius 1 is 1.05 bits per heavy atom. The van der Waals surface area contributed by atoms with E-state index in [0.29, 0.717) is 5.62 Å². The Labute approximate surface area is 127 Å². The molecule has 0 fully saturated rings. The minimum absolute atomic E-state index is 0.632. The lowest BCUT2D eigenvalue weighted by Gasteiger charge is -2.00. The largest absolute Gasteiger partial charge is 0.412 e. The average Bonchev–Trinajstić information content (AvgIpc) is 2.85. The van der Waals surface area contributed by atoms with Crippen LogP contribution in [0.1, 0.15) is 5.69 Å². The number of benzene rings is 2. The van der Waals surface area contributed by atoms with Gasteiger partial charge in [0.2, 0.25) is 0 Å². The summed E-state index contributed by atoms with van der Waals surface area (Å²) in [6.45, 7) is 2.02. The second-order valence-corrected chi connectivity index (χ2v) is 5.22. The fourth-order valence-electron chi connectivity index (χ4n) is 2.67. The number of hydrogen-bond acceptors (Lipinski definition) is 2. The summed E-state index contributed by atoms with van der Waals surface area (Å²) in [5, 5.41) is 5.64. The molecule has 0 aliphatic rings. The van der Waals surface area contributed by atoms with Gasteiger partial charge in [0.25, 0.3) is 0 Å². The van der Waals surface area contributed by atoms with Gasteiger partial charge in [-0.2, -0.15) is 14.2 Å². The first kappa shape index (κ1) is 12.8. The molecule has 0 radical (unpaired) electrons. The minimum Gasteiger partial charge on any atom is -0.330 e. The molecule has 0 unspecified atom stereocenters. The third-order valence-electron chi connectivity index (χ3n) is 3.72. The highest BCUT2D eigenvalue weighted by Gasteiger charge is 2.15.